The average molecular weight is 335 g/mol. The number of aryl methyl sites for hydroxylation is 1. The van der Waals surface area contributed by atoms with E-state index in [-0.39, 0.29) is 11.9 Å². The lowest BCUT2D eigenvalue weighted by atomic mass is 10.1. The largest absolute Gasteiger partial charge is 0.346 e. The summed E-state index contributed by atoms with van der Waals surface area (Å²) in [6.07, 6.45) is 8.63. The van der Waals surface area contributed by atoms with Crippen LogP contribution in [-0.2, 0) is 11.8 Å². The second-order valence-corrected chi connectivity index (χ2v) is 5.94. The van der Waals surface area contributed by atoms with Crippen molar-refractivity contribution in [3.05, 3.63) is 71.8 Å². The zero-order chi connectivity index (χ0) is 17.8. The van der Waals surface area contributed by atoms with Crippen molar-refractivity contribution >= 4 is 12.0 Å². The molecule has 0 saturated carbocycles. The minimum atomic E-state index is -0.150. The quantitative estimate of drug-likeness (QED) is 0.729. The number of benzene rings is 1. The van der Waals surface area contributed by atoms with Crippen LogP contribution in [0.2, 0.25) is 0 Å². The van der Waals surface area contributed by atoms with Gasteiger partial charge < -0.3 is 5.32 Å². The minimum Gasteiger partial charge on any atom is -0.346 e. The lowest BCUT2D eigenvalue weighted by Crippen LogP contribution is -2.25. The molecule has 0 fully saturated rings. The molecule has 1 amide bonds. The molecule has 0 saturated heterocycles. The smallest absolute Gasteiger partial charge is 0.244 e. The second kappa shape index (κ2) is 7.17. The Balaban J connectivity index is 1.69. The Labute approximate surface area is 146 Å². The number of hydrogen-bond acceptors (Lipinski definition) is 3. The fourth-order valence-electron chi connectivity index (χ4n) is 2.71. The number of nitrogens with one attached hydrogen (secondary N) is 1. The van der Waals surface area contributed by atoms with Crippen molar-refractivity contribution in [2.24, 2.45) is 7.05 Å². The number of hydrogen-bond donors (Lipinski definition) is 1. The average Bonchev–Trinajstić information content (AvgIpc) is 3.19. The van der Waals surface area contributed by atoms with Gasteiger partial charge in [0.2, 0.25) is 5.91 Å². The molecule has 3 rings (SSSR count). The molecular weight excluding hydrogens is 314 g/mol. The van der Waals surface area contributed by atoms with Crippen molar-refractivity contribution in [2.75, 3.05) is 0 Å². The van der Waals surface area contributed by atoms with Gasteiger partial charge in [0, 0.05) is 36.1 Å². The highest BCUT2D eigenvalue weighted by Gasteiger charge is 2.15. The van der Waals surface area contributed by atoms with Gasteiger partial charge in [0.15, 0.2) is 0 Å². The molecule has 0 aliphatic heterocycles. The van der Waals surface area contributed by atoms with Crippen molar-refractivity contribution in [2.45, 2.75) is 19.9 Å². The van der Waals surface area contributed by atoms with E-state index in [9.17, 15) is 4.79 Å². The highest BCUT2D eigenvalue weighted by Crippen LogP contribution is 2.20. The van der Waals surface area contributed by atoms with Crippen molar-refractivity contribution in [3.63, 3.8) is 0 Å². The molecule has 1 aromatic carbocycles. The first-order chi connectivity index (χ1) is 12.0. The first-order valence-corrected chi connectivity index (χ1v) is 8.12. The van der Waals surface area contributed by atoms with Gasteiger partial charge in [0.25, 0.3) is 0 Å². The van der Waals surface area contributed by atoms with Crippen LogP contribution < -0.4 is 5.32 Å². The molecule has 0 aliphatic carbocycles. The number of amides is 1. The summed E-state index contributed by atoms with van der Waals surface area (Å²) in [5.74, 6) is -0.150. The molecule has 0 radical (unpaired) electrons. The molecule has 128 valence electrons. The molecule has 25 heavy (non-hydrogen) atoms. The number of aromatic nitrogens is 4. The monoisotopic (exact) mass is 335 g/mol. The normalized spacial score (nSPS) is 12.4. The fourth-order valence-corrected chi connectivity index (χ4v) is 2.71. The lowest BCUT2D eigenvalue weighted by Gasteiger charge is -2.12. The summed E-state index contributed by atoms with van der Waals surface area (Å²) in [5, 5.41) is 11.5. The van der Waals surface area contributed by atoms with E-state index in [0.29, 0.717) is 0 Å². The molecule has 1 atom stereocenters. The molecular formula is C19H21N5O. The zero-order valence-electron chi connectivity index (χ0n) is 14.5. The van der Waals surface area contributed by atoms with E-state index in [1.807, 2.05) is 62.1 Å². The van der Waals surface area contributed by atoms with Crippen molar-refractivity contribution < 1.29 is 4.79 Å². The Bertz CT molecular complexity index is 892. The molecule has 3 aromatic rings. The molecule has 2 aromatic heterocycles. The predicted molar refractivity (Wildman–Crippen MR) is 97.1 cm³/mol. The third-order valence-electron chi connectivity index (χ3n) is 4.03. The van der Waals surface area contributed by atoms with Gasteiger partial charge in [-0.05, 0) is 32.1 Å². The van der Waals surface area contributed by atoms with Gasteiger partial charge in [-0.1, -0.05) is 18.2 Å². The maximum absolute atomic E-state index is 12.1. The van der Waals surface area contributed by atoms with Gasteiger partial charge in [-0.2, -0.15) is 10.2 Å². The minimum absolute atomic E-state index is 0.136. The van der Waals surface area contributed by atoms with E-state index in [1.165, 1.54) is 6.08 Å². The van der Waals surface area contributed by atoms with E-state index in [0.717, 1.165) is 22.5 Å². The third-order valence-corrected chi connectivity index (χ3v) is 4.03. The SMILES string of the molecule is Cc1c(C(C)NC(=O)/C=C/c2cnn(C)c2)cnn1-c1ccccc1. The van der Waals surface area contributed by atoms with Crippen LogP contribution >= 0.6 is 0 Å². The first kappa shape index (κ1) is 16.7. The van der Waals surface area contributed by atoms with Gasteiger partial charge in [-0.3, -0.25) is 9.48 Å². The van der Waals surface area contributed by atoms with Crippen LogP contribution in [0.1, 0.15) is 29.8 Å². The molecule has 1 N–H and O–H groups in total. The van der Waals surface area contributed by atoms with Gasteiger partial charge in [-0.25, -0.2) is 4.68 Å². The number of carbonyl (C=O) groups excluding carboxylic acids is 1. The summed E-state index contributed by atoms with van der Waals surface area (Å²) in [4.78, 5) is 12.1. The summed E-state index contributed by atoms with van der Waals surface area (Å²) >= 11 is 0. The van der Waals surface area contributed by atoms with Crippen LogP contribution in [0.3, 0.4) is 0 Å². The van der Waals surface area contributed by atoms with Crippen LogP contribution in [0, 0.1) is 6.92 Å². The lowest BCUT2D eigenvalue weighted by molar-refractivity contribution is -0.117. The van der Waals surface area contributed by atoms with Crippen LogP contribution in [0.15, 0.2) is 55.0 Å². The standard InChI is InChI=1S/C19H21N5O/c1-14(22-19(25)10-9-16-11-20-23(3)13-16)18-12-21-24(15(18)2)17-7-5-4-6-8-17/h4-14H,1-3H3,(H,22,25)/b10-9+. The summed E-state index contributed by atoms with van der Waals surface area (Å²) < 4.78 is 3.57. The fraction of sp³-hybridized carbons (Fsp3) is 0.211. The zero-order valence-corrected chi connectivity index (χ0v) is 14.5. The third kappa shape index (κ3) is 3.85. The maximum Gasteiger partial charge on any atom is 0.244 e. The maximum atomic E-state index is 12.1. The Morgan fingerprint density at radius 1 is 1.20 bits per heavy atom. The Morgan fingerprint density at radius 3 is 2.64 bits per heavy atom. The molecule has 2 heterocycles. The van der Waals surface area contributed by atoms with Gasteiger partial charge in [0.05, 0.1) is 24.1 Å². The summed E-state index contributed by atoms with van der Waals surface area (Å²) in [5.41, 5.74) is 3.89. The summed E-state index contributed by atoms with van der Waals surface area (Å²) in [6, 6.07) is 9.80. The van der Waals surface area contributed by atoms with Crippen LogP contribution in [0.25, 0.3) is 11.8 Å². The number of para-hydroxylation sites is 1. The number of carbonyl (C=O) groups is 1. The van der Waals surface area contributed by atoms with E-state index in [4.69, 9.17) is 0 Å². The number of nitrogens with zero attached hydrogens (tertiary/aromatic N) is 4. The van der Waals surface area contributed by atoms with E-state index >= 15 is 0 Å². The van der Waals surface area contributed by atoms with Gasteiger partial charge in [0.1, 0.15) is 0 Å². The molecule has 0 bridgehead atoms. The molecule has 6 heteroatoms. The van der Waals surface area contributed by atoms with Crippen molar-refractivity contribution in [1.29, 1.82) is 0 Å². The Morgan fingerprint density at radius 2 is 1.96 bits per heavy atom. The van der Waals surface area contributed by atoms with Crippen LogP contribution in [0.4, 0.5) is 0 Å². The first-order valence-electron chi connectivity index (χ1n) is 8.12. The molecule has 0 aliphatic rings. The van der Waals surface area contributed by atoms with Gasteiger partial charge >= 0.3 is 0 Å². The van der Waals surface area contributed by atoms with E-state index in [1.54, 1.807) is 23.2 Å². The topological polar surface area (TPSA) is 64.7 Å². The van der Waals surface area contributed by atoms with Crippen molar-refractivity contribution in [1.82, 2.24) is 24.9 Å². The van der Waals surface area contributed by atoms with Crippen molar-refractivity contribution in [3.8, 4) is 5.69 Å². The van der Waals surface area contributed by atoms with Crippen LogP contribution in [0.5, 0.6) is 0 Å². The molecule has 1 unspecified atom stereocenters. The molecule has 0 spiro atoms. The van der Waals surface area contributed by atoms with E-state index in [2.05, 4.69) is 15.5 Å². The Kier molecular flexibility index (Phi) is 4.79. The van der Waals surface area contributed by atoms with Crippen LogP contribution in [-0.4, -0.2) is 25.5 Å². The predicted octanol–water partition coefficient (Wildman–Crippen LogP) is 2.80. The highest BCUT2D eigenvalue weighted by molar-refractivity contribution is 5.91. The Hall–Kier alpha value is -3.15. The summed E-state index contributed by atoms with van der Waals surface area (Å²) in [6.45, 7) is 3.96. The van der Waals surface area contributed by atoms with Gasteiger partial charge in [-0.15, -0.1) is 0 Å². The molecule has 6 nitrogen and oxygen atoms in total. The highest BCUT2D eigenvalue weighted by atomic mass is 16.1. The van der Waals surface area contributed by atoms with E-state index < -0.39 is 0 Å². The second-order valence-electron chi connectivity index (χ2n) is 5.94. The summed E-state index contributed by atoms with van der Waals surface area (Å²) in [7, 11) is 1.84. The number of rotatable bonds is 5.